The number of hydrogen-bond acceptors (Lipinski definition) is 4. The highest BCUT2D eigenvalue weighted by molar-refractivity contribution is 6.30. The van der Waals surface area contributed by atoms with Gasteiger partial charge in [-0.25, -0.2) is 0 Å². The average molecular weight is 253 g/mol. The summed E-state index contributed by atoms with van der Waals surface area (Å²) in [5.41, 5.74) is 0.293. The van der Waals surface area contributed by atoms with Crippen molar-refractivity contribution in [2.24, 2.45) is 0 Å². The summed E-state index contributed by atoms with van der Waals surface area (Å²) in [5.74, 6) is 0.924. The van der Waals surface area contributed by atoms with Gasteiger partial charge in [-0.2, -0.15) is 4.98 Å². The zero-order valence-electron chi connectivity index (χ0n) is 9.86. The number of halogens is 1. The summed E-state index contributed by atoms with van der Waals surface area (Å²) < 4.78 is 5.13. The molecule has 0 fully saturated rings. The van der Waals surface area contributed by atoms with Gasteiger partial charge in [0.05, 0.1) is 5.56 Å². The highest BCUT2D eigenvalue weighted by atomic mass is 35.5. The van der Waals surface area contributed by atoms with Crippen LogP contribution in [0.25, 0.3) is 11.5 Å². The van der Waals surface area contributed by atoms with Gasteiger partial charge in [0, 0.05) is 10.4 Å². The van der Waals surface area contributed by atoms with Gasteiger partial charge in [-0.15, -0.1) is 0 Å². The van der Waals surface area contributed by atoms with Gasteiger partial charge in [0.15, 0.2) is 5.82 Å². The van der Waals surface area contributed by atoms with E-state index < -0.39 is 0 Å². The molecule has 0 radical (unpaired) electrons. The Labute approximate surface area is 104 Å². The molecular formula is C12H13ClN2O2. The van der Waals surface area contributed by atoms with Crippen molar-refractivity contribution in [2.75, 3.05) is 0 Å². The van der Waals surface area contributed by atoms with E-state index in [0.717, 1.165) is 0 Å². The van der Waals surface area contributed by atoms with Gasteiger partial charge < -0.3 is 9.63 Å². The number of nitrogens with zero attached hydrogens (tertiary/aromatic N) is 2. The highest BCUT2D eigenvalue weighted by Crippen LogP contribution is 2.31. The van der Waals surface area contributed by atoms with Crippen molar-refractivity contribution >= 4 is 11.6 Å². The van der Waals surface area contributed by atoms with Crippen LogP contribution in [0.15, 0.2) is 22.7 Å². The first-order valence-corrected chi connectivity index (χ1v) is 5.59. The molecular weight excluding hydrogens is 240 g/mol. The second kappa shape index (κ2) is 4.04. The van der Waals surface area contributed by atoms with E-state index in [9.17, 15) is 5.11 Å². The smallest absolute Gasteiger partial charge is 0.261 e. The van der Waals surface area contributed by atoms with E-state index in [4.69, 9.17) is 16.1 Å². The van der Waals surface area contributed by atoms with Crippen LogP contribution in [0.2, 0.25) is 5.02 Å². The molecule has 90 valence electrons. The van der Waals surface area contributed by atoms with Crippen molar-refractivity contribution in [2.45, 2.75) is 26.2 Å². The number of aromatic hydroxyl groups is 1. The second-order valence-corrected chi connectivity index (χ2v) is 5.27. The third-order valence-corrected chi connectivity index (χ3v) is 2.52. The first kappa shape index (κ1) is 11.9. The summed E-state index contributed by atoms with van der Waals surface area (Å²) in [6.07, 6.45) is 0. The number of benzene rings is 1. The van der Waals surface area contributed by atoms with E-state index in [2.05, 4.69) is 10.1 Å². The fourth-order valence-corrected chi connectivity index (χ4v) is 1.49. The number of rotatable bonds is 1. The normalized spacial score (nSPS) is 11.8. The minimum absolute atomic E-state index is 0.0293. The second-order valence-electron chi connectivity index (χ2n) is 4.83. The molecule has 2 rings (SSSR count). The van der Waals surface area contributed by atoms with Crippen molar-refractivity contribution in [3.63, 3.8) is 0 Å². The molecule has 0 aliphatic rings. The lowest BCUT2D eigenvalue weighted by molar-refractivity contribution is 0.399. The summed E-state index contributed by atoms with van der Waals surface area (Å²) in [6.45, 7) is 5.97. The molecule has 1 heterocycles. The molecule has 2 aromatic rings. The molecule has 0 saturated heterocycles. The monoisotopic (exact) mass is 252 g/mol. The lowest BCUT2D eigenvalue weighted by Crippen LogP contribution is -2.13. The molecule has 1 aromatic carbocycles. The fraction of sp³-hybridized carbons (Fsp3) is 0.333. The molecule has 0 atom stereocenters. The van der Waals surface area contributed by atoms with Crippen LogP contribution in [-0.2, 0) is 5.41 Å². The first-order valence-electron chi connectivity index (χ1n) is 5.21. The van der Waals surface area contributed by atoms with Crippen LogP contribution in [0.5, 0.6) is 5.75 Å². The molecule has 17 heavy (non-hydrogen) atoms. The quantitative estimate of drug-likeness (QED) is 0.845. The lowest BCUT2D eigenvalue weighted by Gasteiger charge is -2.10. The predicted molar refractivity (Wildman–Crippen MR) is 65.1 cm³/mol. The van der Waals surface area contributed by atoms with E-state index in [-0.39, 0.29) is 11.2 Å². The molecule has 0 aliphatic heterocycles. The van der Waals surface area contributed by atoms with Gasteiger partial charge in [0.25, 0.3) is 5.89 Å². The molecule has 1 N–H and O–H groups in total. The van der Waals surface area contributed by atoms with Crippen LogP contribution in [0.3, 0.4) is 0 Å². The molecule has 0 unspecified atom stereocenters. The summed E-state index contributed by atoms with van der Waals surface area (Å²) in [4.78, 5) is 4.26. The summed E-state index contributed by atoms with van der Waals surface area (Å²) in [6, 6.07) is 4.76. The van der Waals surface area contributed by atoms with Crippen LogP contribution < -0.4 is 0 Å². The Bertz CT molecular complexity index is 544. The summed E-state index contributed by atoms with van der Waals surface area (Å²) >= 11 is 5.76. The van der Waals surface area contributed by atoms with Gasteiger partial charge in [-0.05, 0) is 18.2 Å². The topological polar surface area (TPSA) is 59.2 Å². The molecule has 0 amide bonds. The first-order chi connectivity index (χ1) is 7.88. The molecule has 0 saturated carbocycles. The third-order valence-electron chi connectivity index (χ3n) is 2.29. The van der Waals surface area contributed by atoms with Crippen molar-refractivity contribution in [3.05, 3.63) is 29.0 Å². The van der Waals surface area contributed by atoms with Gasteiger partial charge in [-0.3, -0.25) is 0 Å². The predicted octanol–water partition coefficient (Wildman–Crippen LogP) is 3.39. The Hall–Kier alpha value is -1.55. The maximum atomic E-state index is 9.74. The third kappa shape index (κ3) is 2.42. The Kier molecular flexibility index (Phi) is 2.83. The van der Waals surface area contributed by atoms with Gasteiger partial charge >= 0.3 is 0 Å². The average Bonchev–Trinajstić information content (AvgIpc) is 2.65. The lowest BCUT2D eigenvalue weighted by atomic mass is 9.96. The van der Waals surface area contributed by atoms with Crippen LogP contribution in [0, 0.1) is 0 Å². The SMILES string of the molecule is CC(C)(C)c1noc(-c2ccc(Cl)cc2O)n1. The highest BCUT2D eigenvalue weighted by Gasteiger charge is 2.22. The van der Waals surface area contributed by atoms with E-state index in [1.165, 1.54) is 6.07 Å². The summed E-state index contributed by atoms with van der Waals surface area (Å²) in [5, 5.41) is 14.1. The Morgan fingerprint density at radius 2 is 2.00 bits per heavy atom. The van der Waals surface area contributed by atoms with Gasteiger partial charge in [0.1, 0.15) is 5.75 Å². The van der Waals surface area contributed by atoms with E-state index in [1.807, 2.05) is 20.8 Å². The van der Waals surface area contributed by atoms with Crippen LogP contribution >= 0.6 is 11.6 Å². The molecule has 0 spiro atoms. The van der Waals surface area contributed by atoms with Crippen LogP contribution in [0.4, 0.5) is 0 Å². The summed E-state index contributed by atoms with van der Waals surface area (Å²) in [7, 11) is 0. The van der Waals surface area contributed by atoms with E-state index >= 15 is 0 Å². The number of phenolic OH excluding ortho intramolecular Hbond substituents is 1. The van der Waals surface area contributed by atoms with Crippen molar-refractivity contribution in [3.8, 4) is 17.2 Å². The Morgan fingerprint density at radius 1 is 1.29 bits per heavy atom. The molecule has 1 aromatic heterocycles. The van der Waals surface area contributed by atoms with Crippen molar-refractivity contribution in [1.82, 2.24) is 10.1 Å². The number of aromatic nitrogens is 2. The van der Waals surface area contributed by atoms with Crippen LogP contribution in [0.1, 0.15) is 26.6 Å². The van der Waals surface area contributed by atoms with Crippen LogP contribution in [-0.4, -0.2) is 15.2 Å². The standard InChI is InChI=1S/C12H13ClN2O2/c1-12(2,3)11-14-10(17-15-11)8-5-4-7(13)6-9(8)16/h4-6,16H,1-3H3. The van der Waals surface area contributed by atoms with Crippen molar-refractivity contribution in [1.29, 1.82) is 0 Å². The number of hydrogen-bond donors (Lipinski definition) is 1. The fourth-order valence-electron chi connectivity index (χ4n) is 1.32. The van der Waals surface area contributed by atoms with E-state index in [0.29, 0.717) is 22.3 Å². The maximum Gasteiger partial charge on any atom is 0.261 e. The van der Waals surface area contributed by atoms with Gasteiger partial charge in [-0.1, -0.05) is 37.5 Å². The minimum Gasteiger partial charge on any atom is -0.507 e. The molecule has 4 nitrogen and oxygen atoms in total. The zero-order valence-corrected chi connectivity index (χ0v) is 10.6. The Morgan fingerprint density at radius 3 is 2.53 bits per heavy atom. The van der Waals surface area contributed by atoms with Gasteiger partial charge in [0.2, 0.25) is 0 Å². The largest absolute Gasteiger partial charge is 0.507 e. The zero-order chi connectivity index (χ0) is 12.6. The molecule has 5 heteroatoms. The van der Waals surface area contributed by atoms with E-state index in [1.54, 1.807) is 12.1 Å². The molecule has 0 aliphatic carbocycles. The minimum atomic E-state index is -0.191. The Balaban J connectivity index is 2.44. The number of phenols is 1. The van der Waals surface area contributed by atoms with Crippen molar-refractivity contribution < 1.29 is 9.63 Å². The maximum absolute atomic E-state index is 9.74. The molecule has 0 bridgehead atoms.